The molecule has 2 aromatic rings. The molecule has 0 bridgehead atoms. The number of hydrogen-bond donors (Lipinski definition) is 0. The van der Waals surface area contributed by atoms with Crippen LogP contribution >= 0.6 is 0 Å². The molecule has 0 aliphatic heterocycles. The highest BCUT2D eigenvalue weighted by molar-refractivity contribution is 6.03. The molecular weight excluding hydrogens is 238 g/mol. The number of furan rings is 1. The molecule has 0 aliphatic rings. The summed E-state index contributed by atoms with van der Waals surface area (Å²) in [6.07, 6.45) is 0.745. The zero-order valence-corrected chi connectivity index (χ0v) is 12.3. The summed E-state index contributed by atoms with van der Waals surface area (Å²) in [5.41, 5.74) is 1.34. The van der Waals surface area contributed by atoms with Gasteiger partial charge in [0.15, 0.2) is 5.76 Å². The predicted molar refractivity (Wildman–Crippen MR) is 77.7 cm³/mol. The number of benzene rings is 1. The van der Waals surface area contributed by atoms with E-state index in [1.165, 1.54) is 0 Å². The number of rotatable bonds is 4. The third-order valence-corrected chi connectivity index (χ3v) is 4.13. The molecule has 102 valence electrons. The van der Waals surface area contributed by atoms with E-state index in [2.05, 4.69) is 0 Å². The minimum Gasteiger partial charge on any atom is -0.453 e. The van der Waals surface area contributed by atoms with Crippen molar-refractivity contribution >= 4 is 16.8 Å². The van der Waals surface area contributed by atoms with Gasteiger partial charge in [-0.05, 0) is 46.0 Å². The largest absolute Gasteiger partial charge is 0.453 e. The third-order valence-electron chi connectivity index (χ3n) is 4.13. The van der Waals surface area contributed by atoms with E-state index in [4.69, 9.17) is 4.42 Å². The molecule has 0 spiro atoms. The number of likely N-dealkylation sites (N-methyl/N-ethyl adjacent to an activating group) is 1. The highest BCUT2D eigenvalue weighted by Crippen LogP contribution is 2.28. The molecule has 0 saturated carbocycles. The summed E-state index contributed by atoms with van der Waals surface area (Å²) in [5, 5.41) is 0.987. The molecular formula is C16H21NO2. The summed E-state index contributed by atoms with van der Waals surface area (Å²) >= 11 is 0. The number of Topliss-reactive ketones (excluding diaryl/α,β-unsaturated/α-hetero) is 1. The van der Waals surface area contributed by atoms with Crippen LogP contribution < -0.4 is 0 Å². The van der Waals surface area contributed by atoms with E-state index in [-0.39, 0.29) is 5.78 Å². The van der Waals surface area contributed by atoms with Crippen molar-refractivity contribution in [3.8, 4) is 0 Å². The summed E-state index contributed by atoms with van der Waals surface area (Å²) in [5.74, 6) is 0.484. The number of para-hydroxylation sites is 1. The van der Waals surface area contributed by atoms with Crippen molar-refractivity contribution in [1.82, 2.24) is 4.90 Å². The number of nitrogens with zero attached hydrogens (tertiary/aromatic N) is 1. The molecule has 0 radical (unpaired) electrons. The van der Waals surface area contributed by atoms with Gasteiger partial charge in [0.25, 0.3) is 0 Å². The van der Waals surface area contributed by atoms with Crippen molar-refractivity contribution in [3.05, 3.63) is 35.6 Å². The van der Waals surface area contributed by atoms with Crippen molar-refractivity contribution in [2.45, 2.75) is 32.7 Å². The SMILES string of the molecule is CCC(C)(C(=O)c1cc2cccc(C)c2o1)N(C)C. The van der Waals surface area contributed by atoms with Crippen molar-refractivity contribution in [1.29, 1.82) is 0 Å². The molecule has 1 aromatic heterocycles. The van der Waals surface area contributed by atoms with E-state index >= 15 is 0 Å². The van der Waals surface area contributed by atoms with Gasteiger partial charge >= 0.3 is 0 Å². The van der Waals surface area contributed by atoms with Crippen LogP contribution in [0.4, 0.5) is 0 Å². The van der Waals surface area contributed by atoms with Crippen LogP contribution in [0.1, 0.15) is 36.4 Å². The maximum atomic E-state index is 12.7. The molecule has 1 unspecified atom stereocenters. The van der Waals surface area contributed by atoms with Gasteiger partial charge in [0, 0.05) is 5.39 Å². The molecule has 2 rings (SSSR count). The topological polar surface area (TPSA) is 33.5 Å². The Morgan fingerprint density at radius 1 is 1.37 bits per heavy atom. The Morgan fingerprint density at radius 3 is 2.58 bits per heavy atom. The zero-order valence-electron chi connectivity index (χ0n) is 12.3. The predicted octanol–water partition coefficient (Wildman–Crippen LogP) is 3.65. The van der Waals surface area contributed by atoms with Crippen molar-refractivity contribution in [2.75, 3.05) is 14.1 Å². The van der Waals surface area contributed by atoms with Gasteiger partial charge in [-0.3, -0.25) is 9.69 Å². The van der Waals surface area contributed by atoms with E-state index < -0.39 is 5.54 Å². The number of carbonyl (C=O) groups excluding carboxylic acids is 1. The monoisotopic (exact) mass is 259 g/mol. The molecule has 0 aliphatic carbocycles. The molecule has 0 N–H and O–H groups in total. The van der Waals surface area contributed by atoms with Crippen LogP contribution in [-0.2, 0) is 0 Å². The lowest BCUT2D eigenvalue weighted by Crippen LogP contribution is -2.47. The number of fused-ring (bicyclic) bond motifs is 1. The van der Waals surface area contributed by atoms with Gasteiger partial charge in [-0.25, -0.2) is 0 Å². The molecule has 19 heavy (non-hydrogen) atoms. The molecule has 0 fully saturated rings. The smallest absolute Gasteiger partial charge is 0.217 e. The van der Waals surface area contributed by atoms with Crippen LogP contribution in [0.2, 0.25) is 0 Å². The summed E-state index contributed by atoms with van der Waals surface area (Å²) in [4.78, 5) is 14.6. The van der Waals surface area contributed by atoms with Crippen LogP contribution in [-0.4, -0.2) is 30.3 Å². The van der Waals surface area contributed by atoms with Gasteiger partial charge < -0.3 is 4.42 Å². The first-order valence-electron chi connectivity index (χ1n) is 6.61. The maximum Gasteiger partial charge on any atom is 0.217 e. The van der Waals surface area contributed by atoms with Crippen LogP contribution in [0, 0.1) is 6.92 Å². The Balaban J connectivity index is 2.50. The van der Waals surface area contributed by atoms with Gasteiger partial charge in [0.05, 0.1) is 5.54 Å². The first-order chi connectivity index (χ1) is 8.90. The Bertz CT molecular complexity index is 612. The number of aryl methyl sites for hydroxylation is 1. The van der Waals surface area contributed by atoms with E-state index in [1.54, 1.807) is 0 Å². The fraction of sp³-hybridized carbons (Fsp3) is 0.438. The Hall–Kier alpha value is -1.61. The van der Waals surface area contributed by atoms with Gasteiger partial charge in [0.2, 0.25) is 5.78 Å². The molecule has 1 heterocycles. The number of hydrogen-bond acceptors (Lipinski definition) is 3. The number of ketones is 1. The quantitative estimate of drug-likeness (QED) is 0.786. The standard InChI is InChI=1S/C16H21NO2/c1-6-16(3,17(4)5)15(18)13-10-12-9-7-8-11(2)14(12)19-13/h7-10H,6H2,1-5H3. The third kappa shape index (κ3) is 2.19. The fourth-order valence-corrected chi connectivity index (χ4v) is 2.27. The van der Waals surface area contributed by atoms with Gasteiger partial charge in [-0.15, -0.1) is 0 Å². The average molecular weight is 259 g/mol. The van der Waals surface area contributed by atoms with Crippen LogP contribution in [0.25, 0.3) is 11.0 Å². The molecule has 3 heteroatoms. The lowest BCUT2D eigenvalue weighted by molar-refractivity contribution is 0.0682. The first kappa shape index (κ1) is 13.8. The van der Waals surface area contributed by atoms with Crippen molar-refractivity contribution < 1.29 is 9.21 Å². The second-order valence-corrected chi connectivity index (χ2v) is 5.45. The Kier molecular flexibility index (Phi) is 3.50. The molecule has 1 atom stereocenters. The first-order valence-corrected chi connectivity index (χ1v) is 6.61. The second kappa shape index (κ2) is 4.82. The maximum absolute atomic E-state index is 12.7. The van der Waals surface area contributed by atoms with Crippen LogP contribution in [0.3, 0.4) is 0 Å². The molecule has 0 saturated heterocycles. The van der Waals surface area contributed by atoms with Gasteiger partial charge in [0.1, 0.15) is 5.58 Å². The number of carbonyl (C=O) groups is 1. The minimum atomic E-state index is -0.526. The Morgan fingerprint density at radius 2 is 2.05 bits per heavy atom. The van der Waals surface area contributed by atoms with E-state index in [0.29, 0.717) is 5.76 Å². The molecule has 1 aromatic carbocycles. The highest BCUT2D eigenvalue weighted by atomic mass is 16.3. The van der Waals surface area contributed by atoms with E-state index in [0.717, 1.165) is 23.0 Å². The summed E-state index contributed by atoms with van der Waals surface area (Å²) < 4.78 is 5.78. The average Bonchev–Trinajstić information content (AvgIpc) is 2.82. The van der Waals surface area contributed by atoms with Crippen LogP contribution in [0.15, 0.2) is 28.7 Å². The lowest BCUT2D eigenvalue weighted by Gasteiger charge is -2.33. The summed E-state index contributed by atoms with van der Waals surface area (Å²) in [7, 11) is 3.85. The highest BCUT2D eigenvalue weighted by Gasteiger charge is 2.36. The van der Waals surface area contributed by atoms with E-state index in [1.807, 2.05) is 64.0 Å². The molecule has 0 amide bonds. The zero-order chi connectivity index (χ0) is 14.2. The second-order valence-electron chi connectivity index (χ2n) is 5.45. The van der Waals surface area contributed by atoms with Gasteiger partial charge in [-0.2, -0.15) is 0 Å². The summed E-state index contributed by atoms with van der Waals surface area (Å²) in [6.45, 7) is 5.96. The minimum absolute atomic E-state index is 0.0376. The normalized spacial score (nSPS) is 14.8. The van der Waals surface area contributed by atoms with E-state index in [9.17, 15) is 4.79 Å². The lowest BCUT2D eigenvalue weighted by atomic mass is 9.90. The van der Waals surface area contributed by atoms with Crippen LogP contribution in [0.5, 0.6) is 0 Å². The fourth-order valence-electron chi connectivity index (χ4n) is 2.27. The molecule has 3 nitrogen and oxygen atoms in total. The Labute approximate surface area is 114 Å². The summed E-state index contributed by atoms with van der Waals surface area (Å²) in [6, 6.07) is 7.79. The van der Waals surface area contributed by atoms with Gasteiger partial charge in [-0.1, -0.05) is 25.1 Å². The van der Waals surface area contributed by atoms with Crippen molar-refractivity contribution in [3.63, 3.8) is 0 Å². The van der Waals surface area contributed by atoms with Crippen molar-refractivity contribution in [2.24, 2.45) is 0 Å².